The number of amides is 1. The number of anilines is 1. The number of para-hydroxylation sites is 1. The average molecular weight is 322 g/mol. The number of hydrogen-bond donors (Lipinski definition) is 3. The van der Waals surface area contributed by atoms with Crippen LogP contribution in [0.5, 0.6) is 0 Å². The molecule has 1 heterocycles. The van der Waals surface area contributed by atoms with Crippen molar-refractivity contribution in [3.8, 4) is 0 Å². The zero-order chi connectivity index (χ0) is 16.7. The Morgan fingerprint density at radius 3 is 2.50 bits per heavy atom. The van der Waals surface area contributed by atoms with Crippen molar-refractivity contribution in [2.24, 2.45) is 0 Å². The van der Waals surface area contributed by atoms with Gasteiger partial charge in [-0.15, -0.1) is 0 Å². The highest BCUT2D eigenvalue weighted by molar-refractivity contribution is 6.01. The minimum Gasteiger partial charge on any atom is -0.478 e. The smallest absolute Gasteiger partial charge is 0.335 e. The van der Waals surface area contributed by atoms with Crippen molar-refractivity contribution < 1.29 is 14.7 Å². The van der Waals surface area contributed by atoms with Crippen molar-refractivity contribution in [1.29, 1.82) is 0 Å². The van der Waals surface area contributed by atoms with Gasteiger partial charge in [0.25, 0.3) is 5.91 Å². The van der Waals surface area contributed by atoms with Crippen LogP contribution >= 0.6 is 0 Å². The summed E-state index contributed by atoms with van der Waals surface area (Å²) in [6, 6.07) is 12.6. The van der Waals surface area contributed by atoms with Crippen LogP contribution in [0.4, 0.5) is 5.69 Å². The van der Waals surface area contributed by atoms with E-state index in [1.54, 1.807) is 24.3 Å². The lowest BCUT2D eigenvalue weighted by Crippen LogP contribution is -2.35. The first kappa shape index (κ1) is 14.8. The van der Waals surface area contributed by atoms with Crippen LogP contribution in [0.25, 0.3) is 0 Å². The van der Waals surface area contributed by atoms with Crippen LogP contribution in [0.2, 0.25) is 0 Å². The van der Waals surface area contributed by atoms with Crippen molar-refractivity contribution >= 4 is 17.6 Å². The van der Waals surface area contributed by atoms with E-state index >= 15 is 0 Å². The van der Waals surface area contributed by atoms with E-state index in [4.69, 9.17) is 5.11 Å². The Morgan fingerprint density at radius 1 is 1.08 bits per heavy atom. The maximum atomic E-state index is 12.8. The van der Waals surface area contributed by atoms with Gasteiger partial charge in [-0.05, 0) is 48.6 Å². The molecule has 5 nitrogen and oxygen atoms in total. The number of nitrogens with one attached hydrogen (secondary N) is 2. The van der Waals surface area contributed by atoms with E-state index < -0.39 is 5.97 Å². The van der Waals surface area contributed by atoms with Gasteiger partial charge in [-0.1, -0.05) is 24.3 Å². The van der Waals surface area contributed by atoms with Crippen LogP contribution in [0.3, 0.4) is 0 Å². The van der Waals surface area contributed by atoms with Gasteiger partial charge in [-0.25, -0.2) is 4.79 Å². The average Bonchev–Trinajstić information content (AvgIpc) is 3.20. The Labute approximate surface area is 139 Å². The van der Waals surface area contributed by atoms with Crippen LogP contribution in [0.1, 0.15) is 44.7 Å². The third kappa shape index (κ3) is 2.42. The van der Waals surface area contributed by atoms with Gasteiger partial charge in [0.15, 0.2) is 0 Å². The molecule has 0 radical (unpaired) electrons. The molecule has 24 heavy (non-hydrogen) atoms. The second-order valence-electron chi connectivity index (χ2n) is 6.44. The van der Waals surface area contributed by atoms with Crippen LogP contribution in [0.15, 0.2) is 42.5 Å². The predicted octanol–water partition coefficient (Wildman–Crippen LogP) is 2.77. The molecule has 1 fully saturated rings. The number of hydrogen-bond acceptors (Lipinski definition) is 3. The molecule has 0 atom stereocenters. The lowest BCUT2D eigenvalue weighted by Gasteiger charge is -2.19. The summed E-state index contributed by atoms with van der Waals surface area (Å²) in [5, 5.41) is 15.4. The molecule has 1 amide bonds. The number of benzene rings is 2. The molecule has 1 saturated carbocycles. The van der Waals surface area contributed by atoms with Crippen molar-refractivity contribution in [1.82, 2.24) is 5.32 Å². The molecule has 2 aromatic rings. The van der Waals surface area contributed by atoms with Crippen molar-refractivity contribution in [3.05, 3.63) is 64.7 Å². The number of carbonyl (C=O) groups excluding carboxylic acids is 1. The topological polar surface area (TPSA) is 78.4 Å². The quantitative estimate of drug-likeness (QED) is 0.809. The molecule has 2 aliphatic rings. The standard InChI is InChI=1S/C19H18N2O3/c22-17(15-3-1-2-12-8-11-20-16(12)15)21-19(9-10-19)14-6-4-13(5-7-14)18(23)24/h1-7,20H,8-11H2,(H,21,22)(H,23,24). The third-order valence-electron chi connectivity index (χ3n) is 4.88. The number of carbonyl (C=O) groups is 2. The minimum absolute atomic E-state index is 0.0824. The van der Waals surface area contributed by atoms with Gasteiger partial charge in [0.1, 0.15) is 0 Å². The SMILES string of the molecule is O=C(O)c1ccc(C2(NC(=O)c3cccc4c3NCC4)CC2)cc1. The molecule has 3 N–H and O–H groups in total. The summed E-state index contributed by atoms with van der Waals surface area (Å²) in [7, 11) is 0. The number of fused-ring (bicyclic) bond motifs is 1. The molecule has 0 spiro atoms. The van der Waals surface area contributed by atoms with Gasteiger partial charge in [-0.3, -0.25) is 4.79 Å². The first-order valence-corrected chi connectivity index (χ1v) is 8.11. The highest BCUT2D eigenvalue weighted by Crippen LogP contribution is 2.46. The van der Waals surface area contributed by atoms with Gasteiger partial charge in [0.2, 0.25) is 0 Å². The summed E-state index contributed by atoms with van der Waals surface area (Å²) in [6.45, 7) is 0.863. The molecular weight excluding hydrogens is 304 g/mol. The zero-order valence-electron chi connectivity index (χ0n) is 13.1. The lowest BCUT2D eigenvalue weighted by molar-refractivity contribution is 0.0696. The largest absolute Gasteiger partial charge is 0.478 e. The lowest BCUT2D eigenvalue weighted by atomic mass is 10.0. The molecule has 0 unspecified atom stereocenters. The fourth-order valence-electron chi connectivity index (χ4n) is 3.36. The maximum Gasteiger partial charge on any atom is 0.335 e. The molecule has 4 rings (SSSR count). The predicted molar refractivity (Wildman–Crippen MR) is 90.4 cm³/mol. The Hall–Kier alpha value is -2.82. The summed E-state index contributed by atoms with van der Waals surface area (Å²) >= 11 is 0. The number of rotatable bonds is 4. The van der Waals surface area contributed by atoms with Gasteiger partial charge >= 0.3 is 5.97 Å². The van der Waals surface area contributed by atoms with E-state index in [9.17, 15) is 9.59 Å². The van der Waals surface area contributed by atoms with Crippen molar-refractivity contribution in [3.63, 3.8) is 0 Å². The summed E-state index contributed by atoms with van der Waals surface area (Å²) in [5.74, 6) is -1.03. The summed E-state index contributed by atoms with van der Waals surface area (Å²) < 4.78 is 0. The summed E-state index contributed by atoms with van der Waals surface area (Å²) in [4.78, 5) is 23.7. The monoisotopic (exact) mass is 322 g/mol. The van der Waals surface area contributed by atoms with E-state index in [1.807, 2.05) is 18.2 Å². The Balaban J connectivity index is 1.57. The third-order valence-corrected chi connectivity index (χ3v) is 4.88. The second kappa shape index (κ2) is 5.37. The Morgan fingerprint density at radius 2 is 1.83 bits per heavy atom. The van der Waals surface area contributed by atoms with Crippen LogP contribution < -0.4 is 10.6 Å². The first-order valence-electron chi connectivity index (χ1n) is 8.11. The van der Waals surface area contributed by atoms with Crippen LogP contribution in [-0.4, -0.2) is 23.5 Å². The summed E-state index contributed by atoms with van der Waals surface area (Å²) in [6.07, 6.45) is 2.68. The van der Waals surface area contributed by atoms with Crippen LogP contribution in [0, 0.1) is 0 Å². The van der Waals surface area contributed by atoms with E-state index in [-0.39, 0.29) is 17.0 Å². The Kier molecular flexibility index (Phi) is 3.30. The van der Waals surface area contributed by atoms with E-state index in [1.165, 1.54) is 5.56 Å². The van der Waals surface area contributed by atoms with Gasteiger partial charge < -0.3 is 15.7 Å². The first-order chi connectivity index (χ1) is 11.6. The zero-order valence-corrected chi connectivity index (χ0v) is 13.1. The fourth-order valence-corrected chi connectivity index (χ4v) is 3.36. The van der Waals surface area contributed by atoms with Gasteiger partial charge in [0, 0.05) is 6.54 Å². The Bertz CT molecular complexity index is 823. The normalized spacial score (nSPS) is 16.8. The second-order valence-corrected chi connectivity index (χ2v) is 6.44. The molecular formula is C19H18N2O3. The highest BCUT2D eigenvalue weighted by atomic mass is 16.4. The van der Waals surface area contributed by atoms with Crippen molar-refractivity contribution in [2.45, 2.75) is 24.8 Å². The number of carboxylic acids is 1. The van der Waals surface area contributed by atoms with Crippen molar-refractivity contribution in [2.75, 3.05) is 11.9 Å². The van der Waals surface area contributed by atoms with E-state index in [2.05, 4.69) is 10.6 Å². The molecule has 0 saturated heterocycles. The number of carboxylic acid groups (broad SMARTS) is 1. The minimum atomic E-state index is -0.943. The van der Waals surface area contributed by atoms with Gasteiger partial charge in [-0.2, -0.15) is 0 Å². The van der Waals surface area contributed by atoms with E-state index in [0.29, 0.717) is 5.56 Å². The molecule has 5 heteroatoms. The molecule has 0 aromatic heterocycles. The van der Waals surface area contributed by atoms with E-state index in [0.717, 1.165) is 37.1 Å². The molecule has 122 valence electrons. The molecule has 0 bridgehead atoms. The van der Waals surface area contributed by atoms with Crippen LogP contribution in [-0.2, 0) is 12.0 Å². The molecule has 1 aliphatic heterocycles. The molecule has 1 aliphatic carbocycles. The number of aromatic carboxylic acids is 1. The highest BCUT2D eigenvalue weighted by Gasteiger charge is 2.46. The summed E-state index contributed by atoms with van der Waals surface area (Å²) in [5.41, 5.74) is 3.64. The maximum absolute atomic E-state index is 12.8. The van der Waals surface area contributed by atoms with Gasteiger partial charge in [0.05, 0.1) is 22.4 Å². The molecule has 2 aromatic carbocycles. The fraction of sp³-hybridized carbons (Fsp3) is 0.263.